The Labute approximate surface area is 96.1 Å². The maximum atomic E-state index is 10.8. The number of hydrogen-bond donors (Lipinski definition) is 2. The molecule has 0 saturated heterocycles. The van der Waals surface area contributed by atoms with Crippen LogP contribution in [0, 0.1) is 0 Å². The van der Waals surface area contributed by atoms with Crippen molar-refractivity contribution >= 4 is 34.2 Å². The van der Waals surface area contributed by atoms with Crippen LogP contribution in [0.3, 0.4) is 0 Å². The van der Waals surface area contributed by atoms with E-state index in [1.54, 1.807) is 18.4 Å². The van der Waals surface area contributed by atoms with Crippen molar-refractivity contribution in [2.75, 3.05) is 12.8 Å². The number of nitrogens with two attached hydrogens (primary N) is 1. The molecule has 0 aliphatic rings. The summed E-state index contributed by atoms with van der Waals surface area (Å²) in [6.07, 6.45) is 1.58. The molecule has 7 heteroatoms. The van der Waals surface area contributed by atoms with Crippen molar-refractivity contribution in [3.05, 3.63) is 16.6 Å². The van der Waals surface area contributed by atoms with E-state index in [2.05, 4.69) is 15.0 Å². The molecule has 0 aliphatic carbocycles. The SMILES string of the molecule is CO/N=C(C(=O)O)/C(C)=C/c1csc(N)n1. The summed E-state index contributed by atoms with van der Waals surface area (Å²) in [5.41, 5.74) is 6.34. The first-order valence-corrected chi connectivity index (χ1v) is 5.16. The van der Waals surface area contributed by atoms with Gasteiger partial charge in [0.15, 0.2) is 10.8 Å². The molecule has 6 nitrogen and oxygen atoms in total. The number of hydrogen-bond acceptors (Lipinski definition) is 6. The Kier molecular flexibility index (Phi) is 4.01. The maximum Gasteiger partial charge on any atom is 0.358 e. The van der Waals surface area contributed by atoms with Crippen molar-refractivity contribution in [2.45, 2.75) is 6.92 Å². The molecule has 16 heavy (non-hydrogen) atoms. The predicted octanol–water partition coefficient (Wildman–Crippen LogP) is 1.22. The number of thiazole rings is 1. The number of carbonyl (C=O) groups is 1. The Hall–Kier alpha value is -1.89. The summed E-state index contributed by atoms with van der Waals surface area (Å²) in [6, 6.07) is 0. The molecular formula is C9H11N3O3S. The second-order valence-corrected chi connectivity index (χ2v) is 3.76. The van der Waals surface area contributed by atoms with Gasteiger partial charge < -0.3 is 15.7 Å². The fourth-order valence-electron chi connectivity index (χ4n) is 1.03. The van der Waals surface area contributed by atoms with Gasteiger partial charge in [0.1, 0.15) is 7.11 Å². The van der Waals surface area contributed by atoms with E-state index in [0.29, 0.717) is 16.4 Å². The van der Waals surface area contributed by atoms with E-state index in [1.807, 2.05) is 0 Å². The second-order valence-electron chi connectivity index (χ2n) is 2.87. The van der Waals surface area contributed by atoms with Crippen molar-refractivity contribution < 1.29 is 14.7 Å². The number of anilines is 1. The van der Waals surface area contributed by atoms with Gasteiger partial charge in [0, 0.05) is 5.38 Å². The Balaban J connectivity index is 2.99. The van der Waals surface area contributed by atoms with Crippen molar-refractivity contribution in [1.29, 1.82) is 0 Å². The number of nitrogens with zero attached hydrogens (tertiary/aromatic N) is 2. The minimum Gasteiger partial charge on any atom is -0.476 e. The third-order valence-electron chi connectivity index (χ3n) is 1.66. The number of aromatic nitrogens is 1. The monoisotopic (exact) mass is 241 g/mol. The Morgan fingerprint density at radius 1 is 1.75 bits per heavy atom. The molecule has 3 N–H and O–H groups in total. The van der Waals surface area contributed by atoms with Crippen LogP contribution in [0.25, 0.3) is 6.08 Å². The van der Waals surface area contributed by atoms with E-state index in [0.717, 1.165) is 0 Å². The summed E-state index contributed by atoms with van der Waals surface area (Å²) in [7, 11) is 1.29. The van der Waals surface area contributed by atoms with Crippen LogP contribution in [0.2, 0.25) is 0 Å². The normalized spacial score (nSPS) is 12.6. The van der Waals surface area contributed by atoms with Crippen LogP contribution in [0.5, 0.6) is 0 Å². The van der Waals surface area contributed by atoms with Gasteiger partial charge in [-0.2, -0.15) is 0 Å². The molecule has 0 atom stereocenters. The largest absolute Gasteiger partial charge is 0.476 e. The van der Waals surface area contributed by atoms with Crippen LogP contribution < -0.4 is 5.73 Å². The first kappa shape index (κ1) is 12.2. The first-order chi connectivity index (χ1) is 7.54. The molecule has 1 aromatic heterocycles. The molecule has 0 aliphatic heterocycles. The van der Waals surface area contributed by atoms with Crippen LogP contribution in [-0.4, -0.2) is 28.9 Å². The van der Waals surface area contributed by atoms with Crippen molar-refractivity contribution in [1.82, 2.24) is 4.98 Å². The maximum absolute atomic E-state index is 10.8. The molecule has 0 saturated carbocycles. The lowest BCUT2D eigenvalue weighted by Crippen LogP contribution is -2.14. The lowest BCUT2D eigenvalue weighted by molar-refractivity contribution is -0.129. The average Bonchev–Trinajstić information content (AvgIpc) is 2.59. The first-order valence-electron chi connectivity index (χ1n) is 4.28. The topological polar surface area (TPSA) is 97.8 Å². The Morgan fingerprint density at radius 3 is 2.88 bits per heavy atom. The summed E-state index contributed by atoms with van der Waals surface area (Å²) in [5.74, 6) is -1.15. The van der Waals surface area contributed by atoms with Crippen LogP contribution in [0.4, 0.5) is 5.13 Å². The smallest absolute Gasteiger partial charge is 0.358 e. The summed E-state index contributed by atoms with van der Waals surface area (Å²) < 4.78 is 0. The minimum atomic E-state index is -1.15. The fourth-order valence-corrected chi connectivity index (χ4v) is 1.55. The van der Waals surface area contributed by atoms with Crippen LogP contribution in [0.1, 0.15) is 12.6 Å². The second kappa shape index (κ2) is 5.26. The van der Waals surface area contributed by atoms with E-state index < -0.39 is 5.97 Å². The summed E-state index contributed by atoms with van der Waals surface area (Å²) in [6.45, 7) is 1.61. The lowest BCUT2D eigenvalue weighted by atomic mass is 10.1. The third-order valence-corrected chi connectivity index (χ3v) is 2.35. The lowest BCUT2D eigenvalue weighted by Gasteiger charge is -1.99. The van der Waals surface area contributed by atoms with Crippen molar-refractivity contribution in [2.24, 2.45) is 5.16 Å². The highest BCUT2D eigenvalue weighted by Gasteiger charge is 2.13. The Morgan fingerprint density at radius 2 is 2.44 bits per heavy atom. The molecule has 0 unspecified atom stereocenters. The summed E-state index contributed by atoms with van der Waals surface area (Å²) >= 11 is 1.28. The van der Waals surface area contributed by atoms with Crippen molar-refractivity contribution in [3.63, 3.8) is 0 Å². The molecule has 0 aromatic carbocycles. The van der Waals surface area contributed by atoms with Gasteiger partial charge in [-0.1, -0.05) is 5.16 Å². The molecule has 0 bridgehead atoms. The van der Waals surface area contributed by atoms with Gasteiger partial charge in [0.2, 0.25) is 0 Å². The third kappa shape index (κ3) is 3.06. The van der Waals surface area contributed by atoms with E-state index in [1.165, 1.54) is 18.4 Å². The van der Waals surface area contributed by atoms with Crippen molar-refractivity contribution in [3.8, 4) is 0 Å². The summed E-state index contributed by atoms with van der Waals surface area (Å²) in [4.78, 5) is 19.3. The zero-order chi connectivity index (χ0) is 12.1. The zero-order valence-electron chi connectivity index (χ0n) is 8.80. The molecule has 0 radical (unpaired) electrons. The average molecular weight is 241 g/mol. The van der Waals surface area contributed by atoms with Gasteiger partial charge in [-0.15, -0.1) is 11.3 Å². The number of carboxylic acid groups (broad SMARTS) is 1. The van der Waals surface area contributed by atoms with Crippen LogP contribution in [0.15, 0.2) is 16.1 Å². The van der Waals surface area contributed by atoms with Gasteiger partial charge >= 0.3 is 5.97 Å². The molecule has 0 amide bonds. The zero-order valence-corrected chi connectivity index (χ0v) is 9.61. The number of aliphatic carboxylic acids is 1. The van der Waals surface area contributed by atoms with E-state index in [4.69, 9.17) is 10.8 Å². The molecule has 0 fully saturated rings. The number of carboxylic acids is 1. The van der Waals surface area contributed by atoms with Gasteiger partial charge in [-0.3, -0.25) is 0 Å². The van der Waals surface area contributed by atoms with E-state index in [9.17, 15) is 4.79 Å². The van der Waals surface area contributed by atoms with Crippen LogP contribution in [-0.2, 0) is 9.63 Å². The molecule has 1 rings (SSSR count). The van der Waals surface area contributed by atoms with Crippen LogP contribution >= 0.6 is 11.3 Å². The molecular weight excluding hydrogens is 230 g/mol. The number of rotatable bonds is 4. The van der Waals surface area contributed by atoms with Gasteiger partial charge in [-0.25, -0.2) is 9.78 Å². The minimum absolute atomic E-state index is 0.158. The quantitative estimate of drug-likeness (QED) is 0.610. The number of nitrogen functional groups attached to an aromatic ring is 1. The fraction of sp³-hybridized carbons (Fsp3) is 0.222. The predicted molar refractivity (Wildman–Crippen MR) is 62.3 cm³/mol. The molecule has 1 heterocycles. The molecule has 0 spiro atoms. The highest BCUT2D eigenvalue weighted by atomic mass is 32.1. The van der Waals surface area contributed by atoms with E-state index in [-0.39, 0.29) is 5.71 Å². The van der Waals surface area contributed by atoms with Gasteiger partial charge in [0.05, 0.1) is 5.69 Å². The van der Waals surface area contributed by atoms with Gasteiger partial charge in [-0.05, 0) is 18.6 Å². The standard InChI is InChI=1S/C9H11N3O3S/c1-5(7(8(13)14)12-15-2)3-6-4-16-9(10)11-6/h3-4H,1-2H3,(H2,10,11)(H,13,14)/b5-3+,12-7-. The highest BCUT2D eigenvalue weighted by Crippen LogP contribution is 2.14. The Bertz CT molecular complexity index is 451. The van der Waals surface area contributed by atoms with E-state index >= 15 is 0 Å². The molecule has 86 valence electrons. The summed E-state index contributed by atoms with van der Waals surface area (Å²) in [5, 5.41) is 14.4. The van der Waals surface area contributed by atoms with Gasteiger partial charge in [0.25, 0.3) is 0 Å². The molecule has 1 aromatic rings. The highest BCUT2D eigenvalue weighted by molar-refractivity contribution is 7.13. The number of oxime groups is 1.